The molecule has 2 aromatic rings. The number of nitrogens with zero attached hydrogens (tertiary/aromatic N) is 1. The number of likely N-dealkylation sites (tertiary alicyclic amines) is 1. The van der Waals surface area contributed by atoms with Crippen molar-refractivity contribution in [2.45, 2.75) is 30.4 Å². The van der Waals surface area contributed by atoms with E-state index in [9.17, 15) is 4.79 Å². The quantitative estimate of drug-likeness (QED) is 0.749. The molecule has 1 aliphatic rings. The summed E-state index contributed by atoms with van der Waals surface area (Å²) < 4.78 is 0. The Morgan fingerprint density at radius 2 is 1.87 bits per heavy atom. The van der Waals surface area contributed by atoms with Crippen LogP contribution in [0, 0.1) is 5.92 Å². The molecular formula is C20H23NOS. The molecule has 1 saturated heterocycles. The van der Waals surface area contributed by atoms with Crippen molar-refractivity contribution in [3.63, 3.8) is 0 Å². The van der Waals surface area contributed by atoms with Gasteiger partial charge in [-0.1, -0.05) is 37.3 Å². The third-order valence-electron chi connectivity index (χ3n) is 4.29. The summed E-state index contributed by atoms with van der Waals surface area (Å²) in [7, 11) is 0. The van der Waals surface area contributed by atoms with Gasteiger partial charge in [0, 0.05) is 29.3 Å². The van der Waals surface area contributed by atoms with Crippen LogP contribution in [0.25, 0.3) is 0 Å². The summed E-state index contributed by atoms with van der Waals surface area (Å²) in [6.45, 7) is 4.02. The van der Waals surface area contributed by atoms with Gasteiger partial charge < -0.3 is 4.90 Å². The van der Waals surface area contributed by atoms with Gasteiger partial charge in [-0.05, 0) is 48.6 Å². The summed E-state index contributed by atoms with van der Waals surface area (Å²) in [6, 6.07) is 18.5. The van der Waals surface area contributed by atoms with E-state index in [4.69, 9.17) is 0 Å². The van der Waals surface area contributed by atoms with E-state index in [1.807, 2.05) is 34.9 Å². The van der Waals surface area contributed by atoms with Crippen LogP contribution in [0.1, 0.15) is 35.7 Å². The van der Waals surface area contributed by atoms with Gasteiger partial charge in [0.15, 0.2) is 0 Å². The van der Waals surface area contributed by atoms with Crippen LogP contribution in [0.15, 0.2) is 59.5 Å². The molecule has 1 aliphatic heterocycles. The van der Waals surface area contributed by atoms with Crippen molar-refractivity contribution >= 4 is 17.7 Å². The maximum atomic E-state index is 12.6. The highest BCUT2D eigenvalue weighted by atomic mass is 32.2. The molecule has 0 saturated carbocycles. The fraction of sp³-hybridized carbons (Fsp3) is 0.350. The zero-order chi connectivity index (χ0) is 16.1. The van der Waals surface area contributed by atoms with Gasteiger partial charge in [0.05, 0.1) is 0 Å². The van der Waals surface area contributed by atoms with Gasteiger partial charge in [0.1, 0.15) is 0 Å². The van der Waals surface area contributed by atoms with Crippen molar-refractivity contribution in [1.29, 1.82) is 0 Å². The van der Waals surface area contributed by atoms with Gasteiger partial charge in [0.2, 0.25) is 0 Å². The Balaban J connectivity index is 1.59. The maximum Gasteiger partial charge on any atom is 0.253 e. The van der Waals surface area contributed by atoms with Crippen molar-refractivity contribution in [2.75, 3.05) is 13.1 Å². The fourth-order valence-electron chi connectivity index (χ4n) is 2.98. The minimum absolute atomic E-state index is 0.179. The highest BCUT2D eigenvalue weighted by Gasteiger charge is 2.21. The Morgan fingerprint density at radius 3 is 2.57 bits per heavy atom. The van der Waals surface area contributed by atoms with Crippen LogP contribution in [0.4, 0.5) is 0 Å². The molecule has 1 heterocycles. The van der Waals surface area contributed by atoms with E-state index in [0.29, 0.717) is 5.92 Å². The minimum Gasteiger partial charge on any atom is -0.338 e. The predicted molar refractivity (Wildman–Crippen MR) is 96.7 cm³/mol. The number of rotatable bonds is 4. The van der Waals surface area contributed by atoms with Crippen molar-refractivity contribution in [1.82, 2.24) is 4.90 Å². The molecule has 3 heteroatoms. The largest absolute Gasteiger partial charge is 0.338 e. The number of piperidine rings is 1. The van der Waals surface area contributed by atoms with Gasteiger partial charge in [-0.15, -0.1) is 11.8 Å². The van der Waals surface area contributed by atoms with Crippen LogP contribution >= 0.6 is 11.8 Å². The van der Waals surface area contributed by atoms with Crippen molar-refractivity contribution < 1.29 is 4.79 Å². The SMILES string of the molecule is CC1CCCN(C(=O)c2ccc(CSc3ccccc3)cc2)C1. The second-order valence-electron chi connectivity index (χ2n) is 6.30. The number of carbonyl (C=O) groups is 1. The molecule has 0 spiro atoms. The topological polar surface area (TPSA) is 20.3 Å². The second kappa shape index (κ2) is 7.69. The molecule has 2 aromatic carbocycles. The molecule has 1 unspecified atom stereocenters. The number of benzene rings is 2. The zero-order valence-corrected chi connectivity index (χ0v) is 14.4. The molecule has 1 amide bonds. The summed E-state index contributed by atoms with van der Waals surface area (Å²) in [5, 5.41) is 0. The lowest BCUT2D eigenvalue weighted by Gasteiger charge is -2.31. The fourth-order valence-corrected chi connectivity index (χ4v) is 3.86. The third-order valence-corrected chi connectivity index (χ3v) is 5.38. The highest BCUT2D eigenvalue weighted by molar-refractivity contribution is 7.98. The number of thioether (sulfide) groups is 1. The first kappa shape index (κ1) is 16.1. The molecule has 0 aromatic heterocycles. The van der Waals surface area contributed by atoms with Crippen molar-refractivity contribution in [3.8, 4) is 0 Å². The first-order valence-corrected chi connectivity index (χ1v) is 9.27. The summed E-state index contributed by atoms with van der Waals surface area (Å²) in [6.07, 6.45) is 2.36. The van der Waals surface area contributed by atoms with Gasteiger partial charge >= 0.3 is 0 Å². The van der Waals surface area contributed by atoms with Crippen LogP contribution in [-0.4, -0.2) is 23.9 Å². The molecule has 0 aliphatic carbocycles. The molecule has 120 valence electrons. The lowest BCUT2D eigenvalue weighted by molar-refractivity contribution is 0.0683. The summed E-state index contributed by atoms with van der Waals surface area (Å²) >= 11 is 1.82. The van der Waals surface area contributed by atoms with E-state index in [2.05, 4.69) is 43.3 Å². The number of carbonyl (C=O) groups excluding carboxylic acids is 1. The highest BCUT2D eigenvalue weighted by Crippen LogP contribution is 2.23. The van der Waals surface area contributed by atoms with E-state index >= 15 is 0 Å². The zero-order valence-electron chi connectivity index (χ0n) is 13.6. The molecule has 1 fully saturated rings. The van der Waals surface area contributed by atoms with E-state index < -0.39 is 0 Å². The van der Waals surface area contributed by atoms with Crippen molar-refractivity contribution in [3.05, 3.63) is 65.7 Å². The first-order chi connectivity index (χ1) is 11.2. The average molecular weight is 325 g/mol. The van der Waals surface area contributed by atoms with E-state index in [-0.39, 0.29) is 5.91 Å². The van der Waals surface area contributed by atoms with Crippen LogP contribution in [0.3, 0.4) is 0 Å². The maximum absolute atomic E-state index is 12.6. The lowest BCUT2D eigenvalue weighted by Crippen LogP contribution is -2.39. The van der Waals surface area contributed by atoms with Crippen molar-refractivity contribution in [2.24, 2.45) is 5.92 Å². The molecule has 0 N–H and O–H groups in total. The number of hydrogen-bond acceptors (Lipinski definition) is 2. The Labute approximate surface area is 142 Å². The molecule has 3 rings (SSSR count). The Hall–Kier alpha value is -1.74. The minimum atomic E-state index is 0.179. The first-order valence-electron chi connectivity index (χ1n) is 8.28. The molecule has 0 bridgehead atoms. The van der Waals surface area contributed by atoms with Gasteiger partial charge in [0.25, 0.3) is 5.91 Å². The summed E-state index contributed by atoms with van der Waals surface area (Å²) in [5.74, 6) is 1.73. The average Bonchev–Trinajstić information content (AvgIpc) is 2.61. The Bertz CT molecular complexity index is 638. The molecule has 0 radical (unpaired) electrons. The smallest absolute Gasteiger partial charge is 0.253 e. The molecular weight excluding hydrogens is 302 g/mol. The third kappa shape index (κ3) is 4.38. The Morgan fingerprint density at radius 1 is 1.13 bits per heavy atom. The molecule has 1 atom stereocenters. The monoisotopic (exact) mass is 325 g/mol. The van der Waals surface area contributed by atoms with Gasteiger partial charge in [-0.25, -0.2) is 0 Å². The van der Waals surface area contributed by atoms with Crippen LogP contribution in [0.2, 0.25) is 0 Å². The number of amides is 1. The lowest BCUT2D eigenvalue weighted by atomic mass is 9.99. The Kier molecular flexibility index (Phi) is 5.39. The standard InChI is InChI=1S/C20H23NOS/c1-16-6-5-13-21(14-16)20(22)18-11-9-17(10-12-18)15-23-19-7-3-2-4-8-19/h2-4,7-12,16H,5-6,13-15H2,1H3. The van der Waals surface area contributed by atoms with E-state index in [0.717, 1.165) is 30.8 Å². The molecule has 23 heavy (non-hydrogen) atoms. The van der Waals surface area contributed by atoms with Gasteiger partial charge in [-0.2, -0.15) is 0 Å². The number of hydrogen-bond donors (Lipinski definition) is 0. The normalized spacial score (nSPS) is 18.0. The predicted octanol–water partition coefficient (Wildman–Crippen LogP) is 4.85. The van der Waals surface area contributed by atoms with Crippen LogP contribution in [0.5, 0.6) is 0 Å². The van der Waals surface area contributed by atoms with E-state index in [1.54, 1.807) is 0 Å². The van der Waals surface area contributed by atoms with Crippen LogP contribution < -0.4 is 0 Å². The van der Waals surface area contributed by atoms with E-state index in [1.165, 1.54) is 16.9 Å². The summed E-state index contributed by atoms with van der Waals surface area (Å²) in [5.41, 5.74) is 2.06. The second-order valence-corrected chi connectivity index (χ2v) is 7.35. The van der Waals surface area contributed by atoms with Gasteiger partial charge in [-0.3, -0.25) is 4.79 Å². The van der Waals surface area contributed by atoms with Crippen LogP contribution in [-0.2, 0) is 5.75 Å². The molecule has 2 nitrogen and oxygen atoms in total. The summed E-state index contributed by atoms with van der Waals surface area (Å²) in [4.78, 5) is 15.8.